The molecule has 1 aliphatic carbocycles. The zero-order valence-corrected chi connectivity index (χ0v) is 25.4. The summed E-state index contributed by atoms with van der Waals surface area (Å²) >= 11 is 0. The fourth-order valence-electron chi connectivity index (χ4n) is 5.89. The van der Waals surface area contributed by atoms with E-state index in [0.717, 1.165) is 10.9 Å². The van der Waals surface area contributed by atoms with Gasteiger partial charge >= 0.3 is 5.97 Å². The predicted molar refractivity (Wildman–Crippen MR) is 167 cm³/mol. The summed E-state index contributed by atoms with van der Waals surface area (Å²) in [6.45, 7) is 9.40. The molecule has 3 N–H and O–H groups in total. The molecule has 0 spiro atoms. The lowest BCUT2D eigenvalue weighted by molar-refractivity contribution is -0.146. The number of carboxylic acid groups (broad SMARTS) is 1. The van der Waals surface area contributed by atoms with Gasteiger partial charge in [-0.1, -0.05) is 57.2 Å². The molecule has 2 heterocycles. The van der Waals surface area contributed by atoms with E-state index in [-0.39, 0.29) is 25.3 Å². The van der Waals surface area contributed by atoms with Crippen molar-refractivity contribution in [2.24, 2.45) is 11.3 Å². The third-order valence-corrected chi connectivity index (χ3v) is 8.50. The fourth-order valence-corrected chi connectivity index (χ4v) is 5.89. The minimum absolute atomic E-state index is 0.0940. The third kappa shape index (κ3) is 5.88. The molecule has 1 saturated heterocycles. The number of pyridine rings is 1. The van der Waals surface area contributed by atoms with Crippen LogP contribution in [-0.2, 0) is 14.4 Å². The number of carbonyl (C=O) groups excluding carboxylic acids is 2. The summed E-state index contributed by atoms with van der Waals surface area (Å²) in [5.41, 5.74) is 0.240. The number of fused-ring (bicyclic) bond motifs is 1. The van der Waals surface area contributed by atoms with Gasteiger partial charge in [0.15, 0.2) is 7.98 Å². The molecular weight excluding hydrogens is 559 g/mol. The van der Waals surface area contributed by atoms with Crippen molar-refractivity contribution in [1.29, 1.82) is 0 Å². The second-order valence-electron chi connectivity index (χ2n) is 12.5. The highest BCUT2D eigenvalue weighted by Crippen LogP contribution is 2.45. The van der Waals surface area contributed by atoms with Crippen molar-refractivity contribution in [3.63, 3.8) is 0 Å². The maximum absolute atomic E-state index is 13.9. The first-order chi connectivity index (χ1) is 20.9. The highest BCUT2D eigenvalue weighted by Gasteiger charge is 2.61. The average molecular weight is 596 g/mol. The van der Waals surface area contributed by atoms with Gasteiger partial charge in [-0.15, -0.1) is 6.58 Å². The Bertz CT molecular complexity index is 1590. The number of rotatable bonds is 10. The fraction of sp³-hybridized carbons (Fsp3) is 0.394. The van der Waals surface area contributed by atoms with E-state index in [2.05, 4.69) is 17.1 Å². The molecule has 5 atom stereocenters. The van der Waals surface area contributed by atoms with Crippen molar-refractivity contribution in [1.82, 2.24) is 20.4 Å². The van der Waals surface area contributed by atoms with E-state index in [9.17, 15) is 19.5 Å². The first-order valence-corrected chi connectivity index (χ1v) is 14.6. The number of carboxylic acids is 1. The van der Waals surface area contributed by atoms with E-state index in [4.69, 9.17) is 22.4 Å². The zero-order chi connectivity index (χ0) is 31.8. The molecule has 10 nitrogen and oxygen atoms in total. The Kier molecular flexibility index (Phi) is 8.44. The van der Waals surface area contributed by atoms with Gasteiger partial charge in [-0.05, 0) is 24.0 Å². The lowest BCUT2D eigenvalue weighted by Crippen LogP contribution is -2.58. The van der Waals surface area contributed by atoms with Crippen LogP contribution in [0.1, 0.15) is 33.6 Å². The molecule has 2 aliphatic rings. The first kappa shape index (κ1) is 31.1. The van der Waals surface area contributed by atoms with Gasteiger partial charge in [-0.3, -0.25) is 9.59 Å². The minimum atomic E-state index is -1.44. The maximum Gasteiger partial charge on any atom is 0.330 e. The molecule has 3 aromatic rings. The van der Waals surface area contributed by atoms with Crippen molar-refractivity contribution in [2.75, 3.05) is 13.7 Å². The van der Waals surface area contributed by atoms with Crippen molar-refractivity contribution in [3.8, 4) is 22.8 Å². The molecule has 0 unspecified atom stereocenters. The van der Waals surface area contributed by atoms with Crippen LogP contribution < -0.4 is 20.0 Å². The van der Waals surface area contributed by atoms with Crippen LogP contribution in [0.5, 0.6) is 11.5 Å². The number of nitrogens with zero attached hydrogens (tertiary/aromatic N) is 2. The van der Waals surface area contributed by atoms with E-state index in [1.807, 2.05) is 75.4 Å². The van der Waals surface area contributed by atoms with Gasteiger partial charge in [-0.25, -0.2) is 9.78 Å². The summed E-state index contributed by atoms with van der Waals surface area (Å²) < 4.78 is 12.0. The molecule has 2 fully saturated rings. The number of carbonyl (C=O) groups is 3. The number of likely N-dealkylation sites (tertiary alicyclic amines) is 1. The molecule has 5 rings (SSSR count). The van der Waals surface area contributed by atoms with Crippen molar-refractivity contribution in [3.05, 3.63) is 67.3 Å². The number of benzene rings is 2. The monoisotopic (exact) mass is 596 g/mol. The Morgan fingerprint density at radius 3 is 2.50 bits per heavy atom. The van der Waals surface area contributed by atoms with Crippen molar-refractivity contribution >= 4 is 36.7 Å². The summed E-state index contributed by atoms with van der Waals surface area (Å²) in [6.07, 6.45) is 1.33. The number of ether oxygens (including phenoxy) is 2. The Hall–Kier alpha value is -4.38. The number of hydrogen-bond donors (Lipinski definition) is 3. The summed E-state index contributed by atoms with van der Waals surface area (Å²) in [6, 6.07) is 15.3. The van der Waals surface area contributed by atoms with Crippen LogP contribution in [0.2, 0.25) is 0 Å². The summed E-state index contributed by atoms with van der Waals surface area (Å²) in [5.74, 6) is -1.29. The van der Waals surface area contributed by atoms with Gasteiger partial charge in [0.25, 0.3) is 0 Å². The molecule has 1 aliphatic heterocycles. The second kappa shape index (κ2) is 12.0. The number of methoxy groups -OCH3 is 1. The van der Waals surface area contributed by atoms with Gasteiger partial charge in [-0.2, -0.15) is 0 Å². The topological polar surface area (TPSA) is 130 Å². The molecule has 2 radical (unpaired) electrons. The van der Waals surface area contributed by atoms with E-state index in [0.29, 0.717) is 22.7 Å². The van der Waals surface area contributed by atoms with E-state index >= 15 is 0 Å². The highest BCUT2D eigenvalue weighted by molar-refractivity contribution is 6.07. The first-order valence-electron chi connectivity index (χ1n) is 14.6. The van der Waals surface area contributed by atoms with Crippen LogP contribution in [0.25, 0.3) is 22.2 Å². The molecule has 2 amide bonds. The molecule has 228 valence electrons. The van der Waals surface area contributed by atoms with Crippen LogP contribution in [0.3, 0.4) is 0 Å². The van der Waals surface area contributed by atoms with Crippen LogP contribution >= 0.6 is 0 Å². The maximum atomic E-state index is 13.9. The van der Waals surface area contributed by atoms with Gasteiger partial charge in [0.2, 0.25) is 11.8 Å². The Morgan fingerprint density at radius 2 is 1.91 bits per heavy atom. The number of aliphatic carboxylic acids is 1. The minimum Gasteiger partial charge on any atom is -0.497 e. The number of nitrogens with one attached hydrogen (secondary N) is 2. The van der Waals surface area contributed by atoms with Crippen LogP contribution in [0, 0.1) is 11.3 Å². The summed E-state index contributed by atoms with van der Waals surface area (Å²) in [4.78, 5) is 46.0. The van der Waals surface area contributed by atoms with E-state index in [1.54, 1.807) is 7.11 Å². The smallest absolute Gasteiger partial charge is 0.330 e. The molecule has 1 aromatic heterocycles. The SMILES string of the molecule is [B]N[C@H](C(=O)N1C[C@H](Oc2cc(-c3ccccc3)nc3cc(OC)ccc23)C[C@H]1C(=O)N[C@]1(C(=O)O)C[C@@H]1C=C)C(C)(C)C. The second-order valence-corrected chi connectivity index (χ2v) is 12.5. The summed E-state index contributed by atoms with van der Waals surface area (Å²) in [7, 11) is 7.40. The van der Waals surface area contributed by atoms with Crippen LogP contribution in [-0.4, -0.2) is 78.1 Å². The standard InChI is InChI=1S/C33H37BN4O6/c1-6-20-17-33(20,31(41)42)36-29(39)26-15-22(18-38(26)30(40)28(37-34)32(2,3)4)44-27-16-24(19-10-8-7-9-11-19)35-25-14-21(43-5)12-13-23(25)27/h6-14,16,20,22,26,28,37H,1,15,17-18H2,2-5H3,(H,36,39)(H,41,42)/t20-,22+,26-,28+,33+/m0/s1. The Balaban J connectivity index is 1.50. The lowest BCUT2D eigenvalue weighted by Gasteiger charge is -2.35. The zero-order valence-electron chi connectivity index (χ0n) is 25.4. The summed E-state index contributed by atoms with van der Waals surface area (Å²) in [5, 5.41) is 16.0. The third-order valence-electron chi connectivity index (χ3n) is 8.50. The molecule has 11 heteroatoms. The Labute approximate surface area is 258 Å². The van der Waals surface area contributed by atoms with Crippen molar-refractivity contribution in [2.45, 2.75) is 57.3 Å². The molecule has 0 bridgehead atoms. The van der Waals surface area contributed by atoms with Crippen molar-refractivity contribution < 1.29 is 29.0 Å². The average Bonchev–Trinajstić information content (AvgIpc) is 3.56. The number of amides is 2. The van der Waals surface area contributed by atoms with Gasteiger partial charge in [0.05, 0.1) is 30.9 Å². The van der Waals surface area contributed by atoms with E-state index < -0.39 is 46.9 Å². The predicted octanol–water partition coefficient (Wildman–Crippen LogP) is 3.49. The Morgan fingerprint density at radius 1 is 1.18 bits per heavy atom. The van der Waals surface area contributed by atoms with E-state index in [1.165, 1.54) is 11.0 Å². The van der Waals surface area contributed by atoms with Gasteiger partial charge in [0, 0.05) is 35.4 Å². The largest absolute Gasteiger partial charge is 0.497 e. The lowest BCUT2D eigenvalue weighted by atomic mass is 9.84. The number of hydrogen-bond acceptors (Lipinski definition) is 7. The van der Waals surface area contributed by atoms with Gasteiger partial charge < -0.3 is 30.0 Å². The normalized spacial score (nSPS) is 23.5. The highest BCUT2D eigenvalue weighted by atomic mass is 16.5. The van der Waals surface area contributed by atoms with Crippen LogP contribution in [0.4, 0.5) is 0 Å². The van der Waals surface area contributed by atoms with Gasteiger partial charge in [0.1, 0.15) is 29.2 Å². The molecular formula is C33H37BN4O6. The molecule has 2 aromatic carbocycles. The molecule has 44 heavy (non-hydrogen) atoms. The quantitative estimate of drug-likeness (QED) is 0.240. The van der Waals surface area contributed by atoms with Crippen LogP contribution in [0.15, 0.2) is 67.3 Å². The number of aromatic nitrogens is 1. The molecule has 1 saturated carbocycles.